The highest BCUT2D eigenvalue weighted by Gasteiger charge is 2.41. The quantitative estimate of drug-likeness (QED) is 0.761. The van der Waals surface area contributed by atoms with Gasteiger partial charge in [-0.1, -0.05) is 0 Å². The Morgan fingerprint density at radius 2 is 1.83 bits per heavy atom. The van der Waals surface area contributed by atoms with Gasteiger partial charge in [-0.15, -0.1) is 0 Å². The fourth-order valence-corrected chi connectivity index (χ4v) is 4.96. The molecular formula is C14H24N4O4S. The molecule has 2 aliphatic heterocycles. The Labute approximate surface area is 136 Å². The van der Waals surface area contributed by atoms with E-state index >= 15 is 0 Å². The second-order valence-corrected chi connectivity index (χ2v) is 8.72. The monoisotopic (exact) mass is 344 g/mol. The largest absolute Gasteiger partial charge is 0.327 e. The van der Waals surface area contributed by atoms with E-state index in [1.807, 2.05) is 4.90 Å². The maximum absolute atomic E-state index is 12.1. The molecule has 130 valence electrons. The van der Waals surface area contributed by atoms with E-state index in [1.54, 1.807) is 11.9 Å². The molecular weight excluding hydrogens is 320 g/mol. The summed E-state index contributed by atoms with van der Waals surface area (Å²) in [5, 5.41) is -0.230. The lowest BCUT2D eigenvalue weighted by Crippen LogP contribution is -2.62. The number of amides is 3. The lowest BCUT2D eigenvalue weighted by Gasteiger charge is -2.45. The average Bonchev–Trinajstić information content (AvgIpc) is 3.34. The number of nitrogens with one attached hydrogen (secondary N) is 1. The van der Waals surface area contributed by atoms with Crippen LogP contribution in [0.5, 0.6) is 0 Å². The van der Waals surface area contributed by atoms with Crippen LogP contribution in [0.3, 0.4) is 0 Å². The number of hydrogen-bond acceptors (Lipinski definition) is 5. The summed E-state index contributed by atoms with van der Waals surface area (Å²) in [5.41, 5.74) is 0. The summed E-state index contributed by atoms with van der Waals surface area (Å²) in [6, 6.07) is -0.459. The third kappa shape index (κ3) is 3.36. The first-order chi connectivity index (χ1) is 10.8. The predicted octanol–water partition coefficient (Wildman–Crippen LogP) is -0.227. The lowest BCUT2D eigenvalue weighted by atomic mass is 10.0. The molecule has 1 saturated carbocycles. The second kappa shape index (κ2) is 6.03. The Morgan fingerprint density at radius 1 is 1.13 bits per heavy atom. The first-order valence-electron chi connectivity index (χ1n) is 8.08. The van der Waals surface area contributed by atoms with E-state index in [4.69, 9.17) is 0 Å². The number of hydrogen-bond donors (Lipinski definition) is 1. The Hall–Kier alpha value is -1.19. The van der Waals surface area contributed by atoms with Crippen LogP contribution >= 0.6 is 0 Å². The second-order valence-electron chi connectivity index (χ2n) is 6.73. The molecule has 0 bridgehead atoms. The van der Waals surface area contributed by atoms with E-state index in [0.717, 1.165) is 37.1 Å². The van der Waals surface area contributed by atoms with E-state index in [-0.39, 0.29) is 35.8 Å². The first-order valence-corrected chi connectivity index (χ1v) is 9.63. The van der Waals surface area contributed by atoms with Crippen LogP contribution in [0.15, 0.2) is 0 Å². The molecule has 2 unspecified atom stereocenters. The van der Waals surface area contributed by atoms with Crippen LogP contribution in [0.4, 0.5) is 4.79 Å². The van der Waals surface area contributed by atoms with Gasteiger partial charge in [0.15, 0.2) is 0 Å². The van der Waals surface area contributed by atoms with Crippen LogP contribution in [0.1, 0.15) is 32.1 Å². The number of likely N-dealkylation sites (tertiary alicyclic amines) is 1. The summed E-state index contributed by atoms with van der Waals surface area (Å²) in [6.07, 6.45) is 3.08. The standard InChI is InChI=1S/C14H24N4O4S/c1-16-12(8-13(19)17(2)14(16)20)18-7-3-4-10(9-18)15-23(21,22)11-5-6-11/h10-12,15H,3-9H2,1-2H3. The zero-order valence-electron chi connectivity index (χ0n) is 13.6. The molecule has 3 amide bonds. The highest BCUT2D eigenvalue weighted by Crippen LogP contribution is 2.29. The van der Waals surface area contributed by atoms with E-state index in [2.05, 4.69) is 4.72 Å². The smallest absolute Gasteiger partial charge is 0.311 e. The molecule has 0 aromatic heterocycles. The number of sulfonamides is 1. The van der Waals surface area contributed by atoms with Gasteiger partial charge in [-0.05, 0) is 25.7 Å². The molecule has 2 heterocycles. The molecule has 0 radical (unpaired) electrons. The molecule has 23 heavy (non-hydrogen) atoms. The minimum atomic E-state index is -3.22. The van der Waals surface area contributed by atoms with Gasteiger partial charge in [0.05, 0.1) is 17.8 Å². The molecule has 8 nitrogen and oxygen atoms in total. The topological polar surface area (TPSA) is 90.0 Å². The molecule has 0 aromatic carbocycles. The van der Waals surface area contributed by atoms with Gasteiger partial charge >= 0.3 is 6.03 Å². The Morgan fingerprint density at radius 3 is 2.48 bits per heavy atom. The zero-order valence-corrected chi connectivity index (χ0v) is 14.4. The summed E-state index contributed by atoms with van der Waals surface area (Å²) in [6.45, 7) is 1.30. The van der Waals surface area contributed by atoms with Crippen LogP contribution in [-0.2, 0) is 14.8 Å². The third-order valence-corrected chi connectivity index (χ3v) is 6.95. The summed E-state index contributed by atoms with van der Waals surface area (Å²) in [7, 11) is -0.0424. The molecule has 3 fully saturated rings. The number of carbonyl (C=O) groups excluding carboxylic acids is 2. The van der Waals surface area contributed by atoms with Crippen LogP contribution in [0, 0.1) is 0 Å². The van der Waals surface area contributed by atoms with Crippen LogP contribution in [0.2, 0.25) is 0 Å². The summed E-state index contributed by atoms with van der Waals surface area (Å²) < 4.78 is 27.0. The van der Waals surface area contributed by atoms with Crippen molar-refractivity contribution in [1.29, 1.82) is 0 Å². The molecule has 1 aliphatic carbocycles. The van der Waals surface area contributed by atoms with Crippen molar-refractivity contribution >= 4 is 22.0 Å². The number of piperidine rings is 1. The summed E-state index contributed by atoms with van der Waals surface area (Å²) >= 11 is 0. The predicted molar refractivity (Wildman–Crippen MR) is 84.0 cm³/mol. The van der Waals surface area contributed by atoms with Crippen molar-refractivity contribution in [2.24, 2.45) is 0 Å². The highest BCUT2D eigenvalue weighted by molar-refractivity contribution is 7.90. The van der Waals surface area contributed by atoms with E-state index in [0.29, 0.717) is 6.54 Å². The van der Waals surface area contributed by atoms with Crippen molar-refractivity contribution in [1.82, 2.24) is 19.4 Å². The maximum Gasteiger partial charge on any atom is 0.327 e. The van der Waals surface area contributed by atoms with Crippen molar-refractivity contribution in [2.75, 3.05) is 27.2 Å². The first kappa shape index (κ1) is 16.7. The molecule has 3 rings (SSSR count). The normalized spacial score (nSPS) is 30.9. The number of nitrogens with zero attached hydrogens (tertiary/aromatic N) is 3. The Bertz CT molecular complexity index is 604. The fourth-order valence-electron chi connectivity index (χ4n) is 3.36. The zero-order chi connectivity index (χ0) is 16.8. The van der Waals surface area contributed by atoms with Gasteiger partial charge < -0.3 is 4.90 Å². The van der Waals surface area contributed by atoms with Crippen molar-refractivity contribution in [3.63, 3.8) is 0 Å². The fraction of sp³-hybridized carbons (Fsp3) is 0.857. The van der Waals surface area contributed by atoms with Gasteiger partial charge in [0.25, 0.3) is 0 Å². The van der Waals surface area contributed by atoms with Crippen LogP contribution in [-0.4, -0.2) is 79.7 Å². The minimum Gasteiger partial charge on any atom is -0.311 e. The number of imide groups is 1. The number of rotatable bonds is 4. The van der Waals surface area contributed by atoms with Crippen molar-refractivity contribution < 1.29 is 18.0 Å². The molecule has 9 heteroatoms. The minimum absolute atomic E-state index is 0.146. The highest BCUT2D eigenvalue weighted by atomic mass is 32.2. The lowest BCUT2D eigenvalue weighted by molar-refractivity contribution is -0.134. The van der Waals surface area contributed by atoms with Gasteiger partial charge in [0, 0.05) is 33.2 Å². The molecule has 2 atom stereocenters. The Kier molecular flexibility index (Phi) is 4.37. The molecule has 2 saturated heterocycles. The molecule has 0 aromatic rings. The van der Waals surface area contributed by atoms with Gasteiger partial charge in [-0.2, -0.15) is 0 Å². The average molecular weight is 344 g/mol. The van der Waals surface area contributed by atoms with Gasteiger partial charge in [0.2, 0.25) is 15.9 Å². The van der Waals surface area contributed by atoms with Gasteiger partial charge in [0.1, 0.15) is 0 Å². The van der Waals surface area contributed by atoms with Gasteiger partial charge in [-0.3, -0.25) is 14.6 Å². The van der Waals surface area contributed by atoms with Crippen LogP contribution in [0.25, 0.3) is 0 Å². The summed E-state index contributed by atoms with van der Waals surface area (Å²) in [5.74, 6) is -0.196. The Balaban J connectivity index is 1.66. The van der Waals surface area contributed by atoms with Crippen molar-refractivity contribution in [3.05, 3.63) is 0 Å². The maximum atomic E-state index is 12.1. The summed E-state index contributed by atoms with van der Waals surface area (Å²) in [4.78, 5) is 28.8. The van der Waals surface area contributed by atoms with E-state index < -0.39 is 10.0 Å². The van der Waals surface area contributed by atoms with Crippen molar-refractivity contribution in [2.45, 2.75) is 49.6 Å². The molecule has 3 aliphatic rings. The van der Waals surface area contributed by atoms with Gasteiger partial charge in [-0.25, -0.2) is 17.9 Å². The van der Waals surface area contributed by atoms with E-state index in [9.17, 15) is 18.0 Å². The molecule has 1 N–H and O–H groups in total. The van der Waals surface area contributed by atoms with E-state index in [1.165, 1.54) is 7.05 Å². The van der Waals surface area contributed by atoms with Crippen molar-refractivity contribution in [3.8, 4) is 0 Å². The SMILES string of the molecule is CN1C(=O)CC(N2CCCC(NS(=O)(=O)C3CC3)C2)N(C)C1=O. The number of carbonyl (C=O) groups is 2. The molecule has 0 spiro atoms. The van der Waals surface area contributed by atoms with Crippen LogP contribution < -0.4 is 4.72 Å². The third-order valence-electron chi connectivity index (χ3n) is 4.94. The number of urea groups is 1.